The van der Waals surface area contributed by atoms with E-state index in [0.29, 0.717) is 37.1 Å². The molecule has 0 spiro atoms. The number of phenols is 1. The number of halogens is 5. The zero-order valence-electron chi connectivity index (χ0n) is 33.5. The lowest BCUT2D eigenvalue weighted by Gasteiger charge is -2.54. The smallest absolute Gasteiger partial charge is 0.417 e. The number of alkyl halides is 4. The van der Waals surface area contributed by atoms with E-state index >= 15 is 17.6 Å². The normalized spacial score (nSPS) is 24.9. The van der Waals surface area contributed by atoms with Crippen molar-refractivity contribution in [1.82, 2.24) is 24.8 Å². The Bertz CT molecular complexity index is 2370. The van der Waals surface area contributed by atoms with E-state index in [2.05, 4.69) is 15.3 Å². The first kappa shape index (κ1) is 41.0. The maximum atomic E-state index is 15.4. The maximum absolute atomic E-state index is 15.4. The number of piperazine rings is 1. The summed E-state index contributed by atoms with van der Waals surface area (Å²) in [5, 5.41) is 24.6. The molecule has 2 bridgehead atoms. The van der Waals surface area contributed by atoms with Gasteiger partial charge in [0.1, 0.15) is 35.5 Å². The number of carbonyl (C=O) groups excluding carboxylic acids is 1. The van der Waals surface area contributed by atoms with Crippen LogP contribution in [0.2, 0.25) is 0 Å². The van der Waals surface area contributed by atoms with E-state index in [4.69, 9.17) is 14.5 Å². The first-order valence-corrected chi connectivity index (χ1v) is 20.4. The van der Waals surface area contributed by atoms with Crippen molar-refractivity contribution in [2.45, 2.75) is 109 Å². The van der Waals surface area contributed by atoms with Crippen LogP contribution in [0.3, 0.4) is 0 Å². The SMILES string of the molecule is CC(C)(C)OC(=O)Nc1nc2c(-c3c(C(F)(F)F)cc4c(N5CC6CCC(C(C)(C)C)(C5)N6C(=O)O)nc(OC[C@@]56CCCN5C[C@H](F)C6)nc4c3O)ccc(F)c2s1. The van der Waals surface area contributed by atoms with Crippen molar-refractivity contribution in [2.75, 3.05) is 43.0 Å². The predicted molar refractivity (Wildman–Crippen MR) is 210 cm³/mol. The van der Waals surface area contributed by atoms with Gasteiger partial charge in [0.15, 0.2) is 10.9 Å². The summed E-state index contributed by atoms with van der Waals surface area (Å²) in [6.07, 6.45) is -5.44. The highest BCUT2D eigenvalue weighted by Gasteiger charge is 2.59. The number of phenolic OH excluding ortho intramolecular Hbond substituents is 1. The fraction of sp³-hybridized carbons (Fsp3) is 0.575. The Hall–Kier alpha value is -4.78. The molecule has 6 heterocycles. The molecule has 2 amide bonds. The Morgan fingerprint density at radius 2 is 1.80 bits per heavy atom. The van der Waals surface area contributed by atoms with Crippen LogP contribution in [-0.4, -0.2) is 109 Å². The highest BCUT2D eigenvalue weighted by Crippen LogP contribution is 2.53. The Morgan fingerprint density at radius 1 is 1.05 bits per heavy atom. The van der Waals surface area contributed by atoms with Crippen LogP contribution >= 0.6 is 11.3 Å². The number of carboxylic acid groups (broad SMARTS) is 1. The lowest BCUT2D eigenvalue weighted by molar-refractivity contribution is -0.137. The van der Waals surface area contributed by atoms with Crippen LogP contribution in [0.1, 0.15) is 79.2 Å². The Balaban J connectivity index is 1.31. The van der Waals surface area contributed by atoms with Gasteiger partial charge in [0, 0.05) is 42.6 Å². The number of ether oxygens (including phenoxy) is 2. The van der Waals surface area contributed by atoms with E-state index < -0.39 is 75.4 Å². The first-order chi connectivity index (χ1) is 27.5. The molecule has 19 heteroatoms. The van der Waals surface area contributed by atoms with Gasteiger partial charge >= 0.3 is 24.4 Å². The predicted octanol–water partition coefficient (Wildman–Crippen LogP) is 8.82. The molecule has 8 rings (SSSR count). The van der Waals surface area contributed by atoms with Gasteiger partial charge in [-0.1, -0.05) is 32.1 Å². The Kier molecular flexibility index (Phi) is 9.65. The summed E-state index contributed by atoms with van der Waals surface area (Å²) in [6.45, 7) is 11.7. The standard InChI is InChI=1S/C40H46F5N7O6S/c1-36(2,3)39-12-10-21(52(39)35(55)56)17-50(18-39)31-23-14-24(40(43,44)45)26(22-8-9-25(42)30-28(22)47-33(59-30)49-34(54)58-37(4,5)6)29(53)27(23)46-32(48-31)57-19-38-11-7-13-51(38)16-20(41)15-38/h8-9,14,20-21,53H,7,10-13,15-19H2,1-6H3,(H,55,56)(H,47,49,54)/t20-,21?,38+,39?/m1/s1. The van der Waals surface area contributed by atoms with Crippen molar-refractivity contribution >= 4 is 55.6 Å². The summed E-state index contributed by atoms with van der Waals surface area (Å²) >= 11 is 0.679. The fourth-order valence-corrected chi connectivity index (χ4v) is 10.6. The highest BCUT2D eigenvalue weighted by molar-refractivity contribution is 7.22. The molecule has 4 aromatic rings. The molecule has 318 valence electrons. The van der Waals surface area contributed by atoms with E-state index in [-0.39, 0.29) is 76.3 Å². The number of benzene rings is 2. The summed E-state index contributed by atoms with van der Waals surface area (Å²) in [4.78, 5) is 44.0. The van der Waals surface area contributed by atoms with Crippen LogP contribution in [0.25, 0.3) is 32.2 Å². The van der Waals surface area contributed by atoms with E-state index in [1.807, 2.05) is 25.7 Å². The van der Waals surface area contributed by atoms with Gasteiger partial charge in [-0.05, 0) is 76.6 Å². The second-order valence-corrected chi connectivity index (χ2v) is 19.2. The molecule has 0 radical (unpaired) electrons. The van der Waals surface area contributed by atoms with Crippen LogP contribution < -0.4 is 15.0 Å². The number of rotatable bonds is 6. The molecule has 4 fully saturated rings. The van der Waals surface area contributed by atoms with Crippen molar-refractivity contribution in [3.05, 3.63) is 29.6 Å². The molecule has 4 atom stereocenters. The van der Waals surface area contributed by atoms with Gasteiger partial charge in [0.25, 0.3) is 0 Å². The van der Waals surface area contributed by atoms with Crippen molar-refractivity contribution in [2.24, 2.45) is 5.41 Å². The van der Waals surface area contributed by atoms with Crippen LogP contribution in [0, 0.1) is 11.2 Å². The van der Waals surface area contributed by atoms with Gasteiger partial charge < -0.3 is 24.6 Å². The second kappa shape index (κ2) is 13.9. The van der Waals surface area contributed by atoms with Crippen molar-refractivity contribution in [1.29, 1.82) is 0 Å². The molecule has 3 N–H and O–H groups in total. The number of nitrogens with zero attached hydrogens (tertiary/aromatic N) is 6. The molecular weight excluding hydrogens is 802 g/mol. The van der Waals surface area contributed by atoms with E-state index in [1.165, 1.54) is 4.90 Å². The molecular formula is C40H46F5N7O6S. The number of fused-ring (bicyclic) bond motifs is 5. The maximum Gasteiger partial charge on any atom is 0.417 e. The topological polar surface area (TPSA) is 153 Å². The number of hydrogen-bond donors (Lipinski definition) is 3. The molecule has 4 aliphatic heterocycles. The molecule has 4 aliphatic rings. The summed E-state index contributed by atoms with van der Waals surface area (Å²) in [7, 11) is 0. The molecule has 4 saturated heterocycles. The summed E-state index contributed by atoms with van der Waals surface area (Å²) < 4.78 is 87.6. The number of amides is 2. The summed E-state index contributed by atoms with van der Waals surface area (Å²) in [6, 6.07) is 2.07. The third kappa shape index (κ3) is 7.00. The second-order valence-electron chi connectivity index (χ2n) is 18.2. The number of anilines is 2. The zero-order chi connectivity index (χ0) is 42.6. The molecule has 2 aromatic heterocycles. The van der Waals surface area contributed by atoms with E-state index in [0.717, 1.165) is 24.6 Å². The molecule has 2 aromatic carbocycles. The summed E-state index contributed by atoms with van der Waals surface area (Å²) in [5.74, 6) is -1.73. The third-order valence-corrected chi connectivity index (χ3v) is 13.3. The number of carbonyl (C=O) groups is 2. The van der Waals surface area contributed by atoms with Gasteiger partial charge in [-0.3, -0.25) is 15.1 Å². The van der Waals surface area contributed by atoms with Crippen LogP contribution in [0.15, 0.2) is 18.2 Å². The van der Waals surface area contributed by atoms with Crippen molar-refractivity contribution < 1.29 is 51.2 Å². The third-order valence-electron chi connectivity index (χ3n) is 12.3. The van der Waals surface area contributed by atoms with Gasteiger partial charge in [-0.15, -0.1) is 0 Å². The monoisotopic (exact) mass is 847 g/mol. The molecule has 2 unspecified atom stereocenters. The molecule has 13 nitrogen and oxygen atoms in total. The minimum absolute atomic E-state index is 0.000222. The van der Waals surface area contributed by atoms with Gasteiger partial charge in [-0.25, -0.2) is 23.4 Å². The van der Waals surface area contributed by atoms with Gasteiger partial charge in [0.2, 0.25) is 0 Å². The number of aromatic nitrogens is 3. The molecule has 0 aliphatic carbocycles. The van der Waals surface area contributed by atoms with Crippen LogP contribution in [-0.2, 0) is 10.9 Å². The quantitative estimate of drug-likeness (QED) is 0.160. The van der Waals surface area contributed by atoms with Crippen LogP contribution in [0.5, 0.6) is 11.8 Å². The van der Waals surface area contributed by atoms with E-state index in [9.17, 15) is 24.2 Å². The molecule has 0 saturated carbocycles. The average molecular weight is 848 g/mol. The average Bonchev–Trinajstić information content (AvgIpc) is 3.85. The largest absolute Gasteiger partial charge is 0.505 e. The van der Waals surface area contributed by atoms with Crippen molar-refractivity contribution in [3.8, 4) is 22.9 Å². The number of thiazole rings is 1. The highest BCUT2D eigenvalue weighted by atomic mass is 32.1. The van der Waals surface area contributed by atoms with Crippen molar-refractivity contribution in [3.63, 3.8) is 0 Å². The molecule has 59 heavy (non-hydrogen) atoms. The number of hydrogen-bond acceptors (Lipinski definition) is 11. The summed E-state index contributed by atoms with van der Waals surface area (Å²) in [5.41, 5.74) is -5.97. The lowest BCUT2D eigenvalue weighted by Crippen LogP contribution is -2.68. The Labute approximate surface area is 340 Å². The number of aromatic hydroxyl groups is 1. The van der Waals surface area contributed by atoms with Gasteiger partial charge in [0.05, 0.1) is 32.9 Å². The van der Waals surface area contributed by atoms with Gasteiger partial charge in [-0.2, -0.15) is 23.1 Å². The zero-order valence-corrected chi connectivity index (χ0v) is 34.3. The Morgan fingerprint density at radius 3 is 2.47 bits per heavy atom. The van der Waals surface area contributed by atoms with Crippen LogP contribution in [0.4, 0.5) is 42.5 Å². The number of nitrogens with one attached hydrogen (secondary N) is 1. The lowest BCUT2D eigenvalue weighted by atomic mass is 9.71. The minimum Gasteiger partial charge on any atom is -0.505 e. The minimum atomic E-state index is -5.09. The first-order valence-electron chi connectivity index (χ1n) is 19.5. The fourth-order valence-electron chi connectivity index (χ4n) is 9.73. The van der Waals surface area contributed by atoms with E-state index in [1.54, 1.807) is 25.7 Å².